The standard InChI is InChI=1S/C25H43N5O7/c1-25(2,3)37-24(36)28-15-10-18(11-16-28)6-7-20(31)29-14-4-5-19(17-29)23(35)30(21(32)8-12-26)27-13-9-22(33)34/h18-19,27H,4-17,26H2,1-3H3,(H,33,34)/t19-/m1/s1. The molecule has 0 saturated carbocycles. The number of carboxylic acid groups (broad SMARTS) is 1. The van der Waals surface area contributed by atoms with E-state index in [2.05, 4.69) is 5.43 Å². The molecule has 2 saturated heterocycles. The van der Waals surface area contributed by atoms with E-state index in [1.807, 2.05) is 20.8 Å². The normalized spacial score (nSPS) is 18.9. The number of hydrogen-bond acceptors (Lipinski definition) is 8. The number of carbonyl (C=O) groups is 5. The number of carboxylic acids is 1. The molecule has 2 aliphatic rings. The molecule has 2 rings (SSSR count). The van der Waals surface area contributed by atoms with Crippen molar-refractivity contribution in [2.45, 2.75) is 77.7 Å². The molecule has 0 aliphatic carbocycles. The van der Waals surface area contributed by atoms with Gasteiger partial charge in [-0.1, -0.05) is 0 Å². The predicted octanol–water partition coefficient (Wildman–Crippen LogP) is 1.34. The Labute approximate surface area is 218 Å². The lowest BCUT2D eigenvalue weighted by molar-refractivity contribution is -0.154. The van der Waals surface area contributed by atoms with Crippen LogP contribution in [-0.2, 0) is 23.9 Å². The van der Waals surface area contributed by atoms with Gasteiger partial charge in [-0.2, -0.15) is 0 Å². The average molecular weight is 526 g/mol. The minimum Gasteiger partial charge on any atom is -0.481 e. The highest BCUT2D eigenvalue weighted by atomic mass is 16.6. The van der Waals surface area contributed by atoms with Crippen LogP contribution in [0.5, 0.6) is 0 Å². The average Bonchev–Trinajstić information content (AvgIpc) is 2.84. The van der Waals surface area contributed by atoms with Gasteiger partial charge in [-0.25, -0.2) is 15.2 Å². The Morgan fingerprint density at radius 2 is 1.68 bits per heavy atom. The summed E-state index contributed by atoms with van der Waals surface area (Å²) >= 11 is 0. The third-order valence-corrected chi connectivity index (χ3v) is 6.59. The maximum absolute atomic E-state index is 13.1. The van der Waals surface area contributed by atoms with Crippen LogP contribution in [-0.4, -0.2) is 94.6 Å². The van der Waals surface area contributed by atoms with Crippen molar-refractivity contribution >= 4 is 29.8 Å². The molecule has 2 aliphatic heterocycles. The van der Waals surface area contributed by atoms with Gasteiger partial charge in [0.2, 0.25) is 17.7 Å². The van der Waals surface area contributed by atoms with Gasteiger partial charge < -0.3 is 25.4 Å². The van der Waals surface area contributed by atoms with Gasteiger partial charge in [0.1, 0.15) is 5.60 Å². The first-order valence-corrected chi connectivity index (χ1v) is 13.2. The van der Waals surface area contributed by atoms with Crippen LogP contribution in [0.4, 0.5) is 4.79 Å². The Morgan fingerprint density at radius 1 is 1.00 bits per heavy atom. The Bertz CT molecular complexity index is 821. The number of aliphatic carboxylic acids is 1. The van der Waals surface area contributed by atoms with Crippen LogP contribution in [0.2, 0.25) is 0 Å². The first-order valence-electron chi connectivity index (χ1n) is 13.2. The maximum atomic E-state index is 13.1. The highest BCUT2D eigenvalue weighted by molar-refractivity contribution is 5.96. The molecule has 0 radical (unpaired) electrons. The van der Waals surface area contributed by atoms with Gasteiger partial charge in [0.25, 0.3) is 0 Å². The zero-order valence-electron chi connectivity index (χ0n) is 22.4. The van der Waals surface area contributed by atoms with Crippen molar-refractivity contribution in [1.29, 1.82) is 0 Å². The number of nitrogens with two attached hydrogens (primary N) is 1. The number of amides is 4. The van der Waals surface area contributed by atoms with Crippen molar-refractivity contribution in [3.63, 3.8) is 0 Å². The molecular weight excluding hydrogens is 482 g/mol. The molecule has 0 spiro atoms. The molecule has 0 aromatic heterocycles. The third kappa shape index (κ3) is 10.3. The summed E-state index contributed by atoms with van der Waals surface area (Å²) in [6.07, 6.45) is 3.30. The zero-order chi connectivity index (χ0) is 27.6. The van der Waals surface area contributed by atoms with Crippen molar-refractivity contribution in [3.8, 4) is 0 Å². The Hall–Kier alpha value is -2.73. The molecule has 0 aromatic rings. The Balaban J connectivity index is 1.84. The van der Waals surface area contributed by atoms with E-state index >= 15 is 0 Å². The number of hydrogen-bond donors (Lipinski definition) is 3. The second kappa shape index (κ2) is 14.3. The molecule has 1 atom stereocenters. The maximum Gasteiger partial charge on any atom is 0.410 e. The molecular formula is C25H43N5O7. The Kier molecular flexibility index (Phi) is 11.8. The second-order valence-corrected chi connectivity index (χ2v) is 10.8. The molecule has 12 nitrogen and oxygen atoms in total. The van der Waals surface area contributed by atoms with E-state index in [9.17, 15) is 24.0 Å². The van der Waals surface area contributed by atoms with Gasteiger partial charge in [-0.05, 0) is 58.8 Å². The summed E-state index contributed by atoms with van der Waals surface area (Å²) in [6.45, 7) is 7.51. The minimum atomic E-state index is -1.05. The van der Waals surface area contributed by atoms with E-state index in [1.54, 1.807) is 9.80 Å². The highest BCUT2D eigenvalue weighted by Gasteiger charge is 2.34. The summed E-state index contributed by atoms with van der Waals surface area (Å²) in [6, 6.07) is 0. The van der Waals surface area contributed by atoms with Gasteiger partial charge in [0, 0.05) is 52.1 Å². The van der Waals surface area contributed by atoms with Gasteiger partial charge in [0.05, 0.1) is 12.3 Å². The largest absolute Gasteiger partial charge is 0.481 e. The van der Waals surface area contributed by atoms with E-state index in [0.29, 0.717) is 51.2 Å². The molecule has 210 valence electrons. The van der Waals surface area contributed by atoms with E-state index in [4.69, 9.17) is 15.6 Å². The summed E-state index contributed by atoms with van der Waals surface area (Å²) in [5.41, 5.74) is 7.56. The van der Waals surface area contributed by atoms with Crippen LogP contribution in [0.1, 0.15) is 72.1 Å². The van der Waals surface area contributed by atoms with Crippen molar-refractivity contribution in [2.75, 3.05) is 39.3 Å². The van der Waals surface area contributed by atoms with E-state index in [-0.39, 0.29) is 44.5 Å². The quantitative estimate of drug-likeness (QED) is 0.357. The van der Waals surface area contributed by atoms with E-state index < -0.39 is 29.3 Å². The number of carbonyl (C=O) groups excluding carboxylic acids is 4. The number of nitrogens with one attached hydrogen (secondary N) is 1. The lowest BCUT2D eigenvalue weighted by Crippen LogP contribution is -2.54. The van der Waals surface area contributed by atoms with Crippen LogP contribution in [0, 0.1) is 11.8 Å². The second-order valence-electron chi connectivity index (χ2n) is 10.8. The molecule has 4 N–H and O–H groups in total. The molecule has 37 heavy (non-hydrogen) atoms. The topological polar surface area (TPSA) is 163 Å². The lowest BCUT2D eigenvalue weighted by Gasteiger charge is -2.35. The smallest absolute Gasteiger partial charge is 0.410 e. The fourth-order valence-electron chi connectivity index (χ4n) is 4.60. The summed E-state index contributed by atoms with van der Waals surface area (Å²) in [5, 5.41) is 9.74. The molecule has 4 amide bonds. The third-order valence-electron chi connectivity index (χ3n) is 6.59. The first kappa shape index (κ1) is 30.5. The van der Waals surface area contributed by atoms with Gasteiger partial charge in [-0.3, -0.25) is 19.2 Å². The Morgan fingerprint density at radius 3 is 2.27 bits per heavy atom. The van der Waals surface area contributed by atoms with E-state index in [1.165, 1.54) is 0 Å². The molecule has 0 aromatic carbocycles. The van der Waals surface area contributed by atoms with Gasteiger partial charge >= 0.3 is 12.1 Å². The van der Waals surface area contributed by atoms with Crippen LogP contribution >= 0.6 is 0 Å². The van der Waals surface area contributed by atoms with Gasteiger partial charge in [-0.15, -0.1) is 0 Å². The van der Waals surface area contributed by atoms with Crippen LogP contribution in [0.3, 0.4) is 0 Å². The number of likely N-dealkylation sites (tertiary alicyclic amines) is 2. The number of rotatable bonds is 10. The van der Waals surface area contributed by atoms with Crippen LogP contribution in [0.25, 0.3) is 0 Å². The summed E-state index contributed by atoms with van der Waals surface area (Å²) in [5.74, 6) is -2.25. The van der Waals surface area contributed by atoms with Crippen LogP contribution < -0.4 is 11.2 Å². The van der Waals surface area contributed by atoms with Crippen molar-refractivity contribution in [1.82, 2.24) is 20.2 Å². The fraction of sp³-hybridized carbons (Fsp3) is 0.800. The number of imide groups is 1. The number of ether oxygens (including phenoxy) is 1. The summed E-state index contributed by atoms with van der Waals surface area (Å²) < 4.78 is 5.43. The molecule has 2 heterocycles. The number of hydrazine groups is 1. The van der Waals surface area contributed by atoms with Crippen molar-refractivity contribution in [2.24, 2.45) is 17.6 Å². The van der Waals surface area contributed by atoms with Crippen LogP contribution in [0.15, 0.2) is 0 Å². The minimum absolute atomic E-state index is 0.0225. The lowest BCUT2D eigenvalue weighted by atomic mass is 9.91. The SMILES string of the molecule is CC(C)(C)OC(=O)N1CCC(CCC(=O)N2CCC[C@@H](C(=O)N(NCCC(=O)O)C(=O)CCN)C2)CC1. The van der Waals surface area contributed by atoms with E-state index in [0.717, 1.165) is 17.9 Å². The predicted molar refractivity (Wildman–Crippen MR) is 135 cm³/mol. The molecule has 0 bridgehead atoms. The molecule has 2 fully saturated rings. The molecule has 0 unspecified atom stereocenters. The van der Waals surface area contributed by atoms with Crippen molar-refractivity contribution in [3.05, 3.63) is 0 Å². The van der Waals surface area contributed by atoms with Gasteiger partial charge in [0.15, 0.2) is 0 Å². The fourth-order valence-corrected chi connectivity index (χ4v) is 4.60. The zero-order valence-corrected chi connectivity index (χ0v) is 22.4. The van der Waals surface area contributed by atoms with Crippen molar-refractivity contribution < 1.29 is 33.8 Å². The summed E-state index contributed by atoms with van der Waals surface area (Å²) in [7, 11) is 0. The highest BCUT2D eigenvalue weighted by Crippen LogP contribution is 2.25. The summed E-state index contributed by atoms with van der Waals surface area (Å²) in [4.78, 5) is 65.0. The number of piperidine rings is 2. The monoisotopic (exact) mass is 525 g/mol. The number of nitrogens with zero attached hydrogens (tertiary/aromatic N) is 3. The first-order chi connectivity index (χ1) is 17.4. The molecule has 12 heteroatoms.